The Morgan fingerprint density at radius 3 is 2.02 bits per heavy atom. The largest absolute Gasteiger partial charge is 0.439 e. The maximum Gasteiger partial charge on any atom is 0.241 e. The van der Waals surface area contributed by atoms with Crippen molar-refractivity contribution in [1.29, 1.82) is 0 Å². The van der Waals surface area contributed by atoms with Gasteiger partial charge in [0.05, 0.1) is 5.69 Å². The first-order valence-corrected chi connectivity index (χ1v) is 16.9. The molecule has 1 aliphatic rings. The second-order valence-electron chi connectivity index (χ2n) is 11.1. The normalized spacial score (nSPS) is 13.1. The van der Waals surface area contributed by atoms with E-state index < -0.39 is 8.07 Å². The van der Waals surface area contributed by atoms with E-state index in [1.54, 1.807) is 6.20 Å². The van der Waals surface area contributed by atoms with Crippen molar-refractivity contribution in [2.75, 3.05) is 0 Å². The third-order valence-electron chi connectivity index (χ3n) is 8.66. The highest BCUT2D eigenvalue weighted by Crippen LogP contribution is 2.20. The minimum absolute atomic E-state index is 0.00274. The van der Waals surface area contributed by atoms with E-state index in [1.165, 1.54) is 37.1 Å². The number of ether oxygens (including phenoxy) is 1. The van der Waals surface area contributed by atoms with Gasteiger partial charge in [0.25, 0.3) is 0 Å². The van der Waals surface area contributed by atoms with Crippen molar-refractivity contribution in [3.8, 4) is 17.3 Å². The Morgan fingerprint density at radius 2 is 1.30 bits per heavy atom. The van der Waals surface area contributed by atoms with Gasteiger partial charge in [0, 0.05) is 24.7 Å². The van der Waals surface area contributed by atoms with Crippen LogP contribution in [0.4, 0.5) is 0 Å². The molecule has 8 rings (SSSR count). The summed E-state index contributed by atoms with van der Waals surface area (Å²) < 4.78 is 8.29. The van der Waals surface area contributed by atoms with Crippen molar-refractivity contribution in [2.24, 2.45) is 0 Å². The number of nitrogens with zero attached hydrogens (tertiary/aromatic N) is 3. The molecule has 0 aliphatic carbocycles. The third-order valence-corrected chi connectivity index (χ3v) is 13.6. The van der Waals surface area contributed by atoms with E-state index in [0.29, 0.717) is 5.88 Å². The minimum Gasteiger partial charge on any atom is -0.439 e. The molecule has 0 bridgehead atoms. The summed E-state index contributed by atoms with van der Waals surface area (Å²) in [7, 11) is -2.72. The number of aromatic nitrogens is 3. The fourth-order valence-corrected chi connectivity index (χ4v) is 12.2. The third kappa shape index (κ3) is 4.31. The van der Waals surface area contributed by atoms with Crippen molar-refractivity contribution in [1.82, 2.24) is 14.8 Å². The second-order valence-corrected chi connectivity index (χ2v) is 14.8. The van der Waals surface area contributed by atoms with E-state index in [2.05, 4.69) is 137 Å². The molecule has 0 atom stereocenters. The molecule has 0 radical (unpaired) electrons. The Balaban J connectivity index is 1.44. The molecule has 3 heterocycles. The van der Waals surface area contributed by atoms with Gasteiger partial charge in [0.1, 0.15) is 5.75 Å². The van der Waals surface area contributed by atoms with Gasteiger partial charge in [-0.05, 0) is 57.1 Å². The minimum atomic E-state index is -2.72. The quantitative estimate of drug-likeness (QED) is 0.283. The highest BCUT2D eigenvalue weighted by Gasteiger charge is 2.49. The lowest BCUT2D eigenvalue weighted by molar-refractivity contribution is 0.463. The Hall–Kier alpha value is -5.46. The smallest absolute Gasteiger partial charge is 0.241 e. The maximum absolute atomic E-state index is 6.37. The van der Waals surface area contributed by atoms with Crippen molar-refractivity contribution in [3.05, 3.63) is 170 Å². The monoisotopic (exact) mass is 581 g/mol. The molecule has 4 nitrogen and oxygen atoms in total. The van der Waals surface area contributed by atoms with Crippen LogP contribution in [-0.2, 0) is 0 Å². The molecule has 0 saturated carbocycles. The van der Waals surface area contributed by atoms with Crippen LogP contribution in [0.3, 0.4) is 0 Å². The Bertz CT molecular complexity index is 2010. The zero-order chi connectivity index (χ0) is 29.3. The van der Waals surface area contributed by atoms with Crippen LogP contribution in [0.25, 0.3) is 5.69 Å². The van der Waals surface area contributed by atoms with Gasteiger partial charge in [-0.25, -0.2) is 9.67 Å². The summed E-state index contributed by atoms with van der Waals surface area (Å²) in [5.41, 5.74) is 4.83. The molecule has 208 valence electrons. The van der Waals surface area contributed by atoms with Gasteiger partial charge in [-0.3, -0.25) is 0 Å². The van der Waals surface area contributed by atoms with Crippen molar-refractivity contribution in [3.63, 3.8) is 0 Å². The van der Waals surface area contributed by atoms with Gasteiger partial charge in [-0.1, -0.05) is 126 Å². The van der Waals surface area contributed by atoms with Crippen LogP contribution >= 0.6 is 0 Å². The van der Waals surface area contributed by atoms with Crippen LogP contribution in [0.5, 0.6) is 11.6 Å². The Labute approximate surface area is 258 Å². The zero-order valence-corrected chi connectivity index (χ0v) is 25.0. The Kier molecular flexibility index (Phi) is 6.54. The van der Waals surface area contributed by atoms with Crippen molar-refractivity contribution < 1.29 is 4.74 Å². The summed E-state index contributed by atoms with van der Waals surface area (Å²) in [5.74, 6) is 1.36. The number of pyridine rings is 1. The summed E-state index contributed by atoms with van der Waals surface area (Å²) in [5, 5.41) is 10.0. The van der Waals surface area contributed by atoms with Crippen LogP contribution in [0.1, 0.15) is 0 Å². The molecular formula is C38H28BN3OSi. The van der Waals surface area contributed by atoms with E-state index in [4.69, 9.17) is 4.74 Å². The molecule has 1 aliphatic heterocycles. The standard InChI is InChI=1S/C38H28BN3OSi/c1-3-15-32(16-4-1)44(33-17-5-2-6-18-33)36-20-8-7-19-34(36)39(29-13-11-14-30(27-29)42-26-12-25-41-42)35-28-31(22-23-37(35)44)43-38-21-9-10-24-40-38/h1-28H. The van der Waals surface area contributed by atoms with Crippen molar-refractivity contribution in [2.45, 2.75) is 0 Å². The lowest BCUT2D eigenvalue weighted by Crippen LogP contribution is -2.86. The van der Waals surface area contributed by atoms with Gasteiger partial charge >= 0.3 is 0 Å². The molecule has 0 spiro atoms. The van der Waals surface area contributed by atoms with Crippen LogP contribution in [-0.4, -0.2) is 29.6 Å². The summed E-state index contributed by atoms with van der Waals surface area (Å²) in [6, 6.07) is 54.4. The van der Waals surface area contributed by atoms with Gasteiger partial charge in [-0.2, -0.15) is 5.10 Å². The van der Waals surface area contributed by atoms with E-state index in [9.17, 15) is 0 Å². The van der Waals surface area contributed by atoms with Crippen molar-refractivity contribution >= 4 is 51.9 Å². The first kappa shape index (κ1) is 26.2. The fourth-order valence-electron chi connectivity index (χ4n) is 6.91. The molecule has 0 amide bonds. The van der Waals surface area contributed by atoms with Crippen LogP contribution in [0.2, 0.25) is 0 Å². The topological polar surface area (TPSA) is 39.9 Å². The molecule has 7 aromatic rings. The molecule has 5 aromatic carbocycles. The second kappa shape index (κ2) is 11.0. The number of hydrogen-bond donors (Lipinski definition) is 0. The summed E-state index contributed by atoms with van der Waals surface area (Å²) in [6.45, 7) is -0.00274. The number of hydrogen-bond acceptors (Lipinski definition) is 3. The summed E-state index contributed by atoms with van der Waals surface area (Å²) in [4.78, 5) is 4.44. The molecule has 0 unspecified atom stereocenters. The number of rotatable bonds is 6. The molecular weight excluding hydrogens is 553 g/mol. The average Bonchev–Trinajstić information content (AvgIpc) is 3.64. The molecule has 0 N–H and O–H groups in total. The molecule has 6 heteroatoms. The number of benzene rings is 5. The van der Waals surface area contributed by atoms with Gasteiger partial charge in [0.15, 0.2) is 8.07 Å². The van der Waals surface area contributed by atoms with E-state index in [-0.39, 0.29) is 6.71 Å². The zero-order valence-electron chi connectivity index (χ0n) is 24.0. The van der Waals surface area contributed by atoms with Gasteiger partial charge in [-0.15, -0.1) is 0 Å². The molecule has 0 fully saturated rings. The lowest BCUT2D eigenvalue weighted by atomic mass is 9.36. The van der Waals surface area contributed by atoms with Crippen LogP contribution < -0.4 is 41.9 Å². The predicted molar refractivity (Wildman–Crippen MR) is 183 cm³/mol. The molecule has 44 heavy (non-hydrogen) atoms. The summed E-state index contributed by atoms with van der Waals surface area (Å²) >= 11 is 0. The van der Waals surface area contributed by atoms with Gasteiger partial charge in [0.2, 0.25) is 12.6 Å². The van der Waals surface area contributed by atoms with E-state index >= 15 is 0 Å². The van der Waals surface area contributed by atoms with Crippen LogP contribution in [0, 0.1) is 0 Å². The first-order chi connectivity index (χ1) is 21.8. The highest BCUT2D eigenvalue weighted by molar-refractivity contribution is 7.26. The van der Waals surface area contributed by atoms with Gasteiger partial charge < -0.3 is 4.74 Å². The van der Waals surface area contributed by atoms with Crippen LogP contribution in [0.15, 0.2) is 170 Å². The average molecular weight is 582 g/mol. The van der Waals surface area contributed by atoms with E-state index in [0.717, 1.165) is 11.4 Å². The lowest BCUT2D eigenvalue weighted by Gasteiger charge is -2.43. The molecule has 0 saturated heterocycles. The highest BCUT2D eigenvalue weighted by atomic mass is 28.3. The summed E-state index contributed by atoms with van der Waals surface area (Å²) in [6.07, 6.45) is 5.57. The Morgan fingerprint density at radius 1 is 0.568 bits per heavy atom. The maximum atomic E-state index is 6.37. The van der Waals surface area contributed by atoms with E-state index in [1.807, 2.05) is 41.3 Å². The number of fused-ring (bicyclic) bond motifs is 2. The molecule has 2 aromatic heterocycles. The SMILES string of the molecule is c1ccc([Si]2(c3ccccc3)c3ccccc3B(c3cccc(-n4cccn4)c3)c3cc(Oc4ccccn4)ccc32)cc1. The first-order valence-electron chi connectivity index (χ1n) is 14.9. The fraction of sp³-hybridized carbons (Fsp3) is 0. The predicted octanol–water partition coefficient (Wildman–Crippen LogP) is 3.27.